The molecule has 0 aromatic heterocycles. The van der Waals surface area contributed by atoms with Gasteiger partial charge in [0, 0.05) is 25.7 Å². The first-order valence-electron chi connectivity index (χ1n) is 5.83. The van der Waals surface area contributed by atoms with Crippen LogP contribution >= 0.6 is 0 Å². The number of unbranched alkanes of at least 4 members (excludes halogenated alkanes) is 1. The summed E-state index contributed by atoms with van der Waals surface area (Å²) >= 11 is 0. The van der Waals surface area contributed by atoms with E-state index in [1.54, 1.807) is 7.11 Å². The third-order valence-corrected chi connectivity index (χ3v) is 3.47. The molecule has 0 heterocycles. The Morgan fingerprint density at radius 2 is 2.00 bits per heavy atom. The van der Waals surface area contributed by atoms with Crippen molar-refractivity contribution in [2.75, 3.05) is 38.8 Å². The molecule has 1 N–H and O–H groups in total. The van der Waals surface area contributed by atoms with Crippen molar-refractivity contribution in [3.63, 3.8) is 0 Å². The highest BCUT2D eigenvalue weighted by atomic mass is 32.2. The Balaban J connectivity index is 3.33. The van der Waals surface area contributed by atoms with Crippen molar-refractivity contribution in [2.24, 2.45) is 5.92 Å². The Kier molecular flexibility index (Phi) is 8.89. The third-order valence-electron chi connectivity index (χ3n) is 2.44. The zero-order valence-electron chi connectivity index (χ0n) is 10.7. The summed E-state index contributed by atoms with van der Waals surface area (Å²) in [4.78, 5) is 0. The van der Waals surface area contributed by atoms with E-state index >= 15 is 0 Å². The van der Waals surface area contributed by atoms with Gasteiger partial charge >= 0.3 is 0 Å². The molecule has 5 heteroatoms. The number of rotatable bonds is 10. The molecule has 0 aliphatic rings. The SMILES string of the molecule is COCCNCC(C)CCCCS(C)(=O)=O. The molecule has 98 valence electrons. The zero-order valence-corrected chi connectivity index (χ0v) is 11.5. The number of sulfone groups is 1. The second kappa shape index (κ2) is 8.96. The fraction of sp³-hybridized carbons (Fsp3) is 1.00. The summed E-state index contributed by atoms with van der Waals surface area (Å²) in [7, 11) is -1.09. The number of methoxy groups -OCH3 is 1. The maximum atomic E-state index is 10.9. The molecular weight excluding hydrogens is 226 g/mol. The number of hydrogen-bond acceptors (Lipinski definition) is 4. The van der Waals surface area contributed by atoms with Crippen LogP contribution in [0.5, 0.6) is 0 Å². The van der Waals surface area contributed by atoms with Crippen LogP contribution in [0, 0.1) is 5.92 Å². The van der Waals surface area contributed by atoms with Gasteiger partial charge in [-0.2, -0.15) is 0 Å². The molecule has 1 unspecified atom stereocenters. The molecule has 0 fully saturated rings. The van der Waals surface area contributed by atoms with Crippen molar-refractivity contribution < 1.29 is 13.2 Å². The maximum Gasteiger partial charge on any atom is 0.147 e. The molecule has 0 aliphatic heterocycles. The van der Waals surface area contributed by atoms with Gasteiger partial charge in [0.2, 0.25) is 0 Å². The molecular formula is C11H25NO3S. The van der Waals surface area contributed by atoms with E-state index in [9.17, 15) is 8.42 Å². The van der Waals surface area contributed by atoms with Crippen LogP contribution in [0.15, 0.2) is 0 Å². The molecule has 0 bridgehead atoms. The lowest BCUT2D eigenvalue weighted by Crippen LogP contribution is -2.24. The van der Waals surface area contributed by atoms with Crippen molar-refractivity contribution in [1.29, 1.82) is 0 Å². The molecule has 0 spiro atoms. The highest BCUT2D eigenvalue weighted by Crippen LogP contribution is 2.07. The smallest absolute Gasteiger partial charge is 0.147 e. The Labute approximate surface area is 99.7 Å². The average Bonchev–Trinajstić information content (AvgIpc) is 2.18. The van der Waals surface area contributed by atoms with E-state index in [1.165, 1.54) is 6.26 Å². The van der Waals surface area contributed by atoms with Crippen LogP contribution < -0.4 is 5.32 Å². The molecule has 0 amide bonds. The largest absolute Gasteiger partial charge is 0.383 e. The predicted molar refractivity (Wildman–Crippen MR) is 67.5 cm³/mol. The number of ether oxygens (including phenoxy) is 1. The highest BCUT2D eigenvalue weighted by Gasteiger charge is 2.04. The van der Waals surface area contributed by atoms with E-state index in [2.05, 4.69) is 12.2 Å². The lowest BCUT2D eigenvalue weighted by molar-refractivity contribution is 0.198. The van der Waals surface area contributed by atoms with Crippen molar-refractivity contribution in [3.05, 3.63) is 0 Å². The first-order valence-corrected chi connectivity index (χ1v) is 7.89. The monoisotopic (exact) mass is 251 g/mol. The van der Waals surface area contributed by atoms with Crippen LogP contribution in [0.1, 0.15) is 26.2 Å². The minimum absolute atomic E-state index is 0.316. The van der Waals surface area contributed by atoms with E-state index in [-0.39, 0.29) is 0 Å². The first kappa shape index (κ1) is 15.9. The Morgan fingerprint density at radius 3 is 2.56 bits per heavy atom. The van der Waals surface area contributed by atoms with Crippen LogP contribution in [0.2, 0.25) is 0 Å². The second-order valence-corrected chi connectivity index (χ2v) is 6.69. The van der Waals surface area contributed by atoms with Crippen LogP contribution in [0.25, 0.3) is 0 Å². The first-order chi connectivity index (χ1) is 7.45. The van der Waals surface area contributed by atoms with Gasteiger partial charge in [0.15, 0.2) is 0 Å². The van der Waals surface area contributed by atoms with Crippen LogP contribution in [0.3, 0.4) is 0 Å². The summed E-state index contributed by atoms with van der Waals surface area (Å²) in [5.41, 5.74) is 0. The average molecular weight is 251 g/mol. The molecule has 0 aromatic rings. The summed E-state index contributed by atoms with van der Waals surface area (Å²) in [6, 6.07) is 0. The van der Waals surface area contributed by atoms with E-state index in [4.69, 9.17) is 4.74 Å². The van der Waals surface area contributed by atoms with Gasteiger partial charge in [0.25, 0.3) is 0 Å². The zero-order chi connectivity index (χ0) is 12.4. The summed E-state index contributed by atoms with van der Waals surface area (Å²) < 4.78 is 26.7. The minimum Gasteiger partial charge on any atom is -0.383 e. The summed E-state index contributed by atoms with van der Waals surface area (Å²) in [5.74, 6) is 0.910. The molecule has 0 radical (unpaired) electrons. The highest BCUT2D eigenvalue weighted by molar-refractivity contribution is 7.90. The second-order valence-electron chi connectivity index (χ2n) is 4.43. The normalized spacial score (nSPS) is 13.9. The molecule has 0 aliphatic carbocycles. The quantitative estimate of drug-likeness (QED) is 0.590. The van der Waals surface area contributed by atoms with Crippen molar-refractivity contribution in [1.82, 2.24) is 5.32 Å². The van der Waals surface area contributed by atoms with E-state index in [1.807, 2.05) is 0 Å². The lowest BCUT2D eigenvalue weighted by atomic mass is 10.0. The van der Waals surface area contributed by atoms with Gasteiger partial charge in [-0.3, -0.25) is 0 Å². The topological polar surface area (TPSA) is 55.4 Å². The molecule has 0 rings (SSSR count). The van der Waals surface area contributed by atoms with E-state index in [0.29, 0.717) is 11.7 Å². The maximum absolute atomic E-state index is 10.9. The Bertz CT molecular complexity index is 252. The van der Waals surface area contributed by atoms with Gasteiger partial charge in [-0.05, 0) is 25.3 Å². The molecule has 4 nitrogen and oxygen atoms in total. The van der Waals surface area contributed by atoms with Crippen LogP contribution in [-0.4, -0.2) is 47.2 Å². The van der Waals surface area contributed by atoms with Gasteiger partial charge < -0.3 is 10.1 Å². The third kappa shape index (κ3) is 11.9. The fourth-order valence-electron chi connectivity index (χ4n) is 1.48. The standard InChI is InChI=1S/C11H25NO3S/c1-11(10-12-7-8-15-2)6-4-5-9-16(3,13)14/h11-12H,4-10H2,1-3H3. The van der Waals surface area contributed by atoms with Gasteiger partial charge in [-0.1, -0.05) is 13.3 Å². The number of hydrogen-bond donors (Lipinski definition) is 1. The van der Waals surface area contributed by atoms with Gasteiger partial charge in [-0.15, -0.1) is 0 Å². The van der Waals surface area contributed by atoms with E-state index in [0.717, 1.165) is 39.0 Å². The molecule has 16 heavy (non-hydrogen) atoms. The minimum atomic E-state index is -2.78. The summed E-state index contributed by atoms with van der Waals surface area (Å²) in [6.07, 6.45) is 4.14. The molecule has 0 aromatic carbocycles. The predicted octanol–water partition coefficient (Wildman–Crippen LogP) is 1.07. The van der Waals surface area contributed by atoms with Crippen LogP contribution in [-0.2, 0) is 14.6 Å². The number of nitrogens with one attached hydrogen (secondary N) is 1. The van der Waals surface area contributed by atoms with Crippen molar-refractivity contribution in [2.45, 2.75) is 26.2 Å². The van der Waals surface area contributed by atoms with E-state index < -0.39 is 9.84 Å². The Hall–Kier alpha value is -0.130. The molecule has 0 saturated carbocycles. The Morgan fingerprint density at radius 1 is 1.31 bits per heavy atom. The van der Waals surface area contributed by atoms with Crippen LogP contribution in [0.4, 0.5) is 0 Å². The summed E-state index contributed by atoms with van der Waals surface area (Å²) in [6.45, 7) is 4.77. The van der Waals surface area contributed by atoms with Gasteiger partial charge in [0.1, 0.15) is 9.84 Å². The van der Waals surface area contributed by atoms with Gasteiger partial charge in [-0.25, -0.2) is 8.42 Å². The summed E-state index contributed by atoms with van der Waals surface area (Å²) in [5, 5.41) is 3.30. The lowest BCUT2D eigenvalue weighted by Gasteiger charge is -2.11. The fourth-order valence-corrected chi connectivity index (χ4v) is 2.21. The molecule has 0 saturated heterocycles. The molecule has 1 atom stereocenters. The van der Waals surface area contributed by atoms with Crippen molar-refractivity contribution in [3.8, 4) is 0 Å². The van der Waals surface area contributed by atoms with Crippen molar-refractivity contribution >= 4 is 9.84 Å². The van der Waals surface area contributed by atoms with Gasteiger partial charge in [0.05, 0.1) is 6.61 Å².